The van der Waals surface area contributed by atoms with Crippen molar-refractivity contribution in [2.45, 2.75) is 25.3 Å². The van der Waals surface area contributed by atoms with E-state index < -0.39 is 0 Å². The highest BCUT2D eigenvalue weighted by molar-refractivity contribution is 5.42. The zero-order chi connectivity index (χ0) is 7.52. The number of anilines is 1. The van der Waals surface area contributed by atoms with Crippen molar-refractivity contribution in [2.24, 2.45) is 0 Å². The van der Waals surface area contributed by atoms with E-state index in [4.69, 9.17) is 0 Å². The standard InChI is InChI=1S/C9H12N2/c1-2-8(3-1)11-9-4-6-10-7-5-9/h4-8H,1-3H2,(H,10,11). The van der Waals surface area contributed by atoms with Crippen LogP contribution in [-0.2, 0) is 0 Å². The molecule has 0 saturated heterocycles. The van der Waals surface area contributed by atoms with Crippen LogP contribution in [0, 0.1) is 0 Å². The fourth-order valence-corrected chi connectivity index (χ4v) is 1.24. The van der Waals surface area contributed by atoms with Crippen LogP contribution in [0.4, 0.5) is 5.69 Å². The van der Waals surface area contributed by atoms with Crippen LogP contribution < -0.4 is 5.32 Å². The Hall–Kier alpha value is -1.05. The van der Waals surface area contributed by atoms with E-state index in [0.29, 0.717) is 0 Å². The number of nitrogens with one attached hydrogen (secondary N) is 1. The van der Waals surface area contributed by atoms with Crippen LogP contribution in [-0.4, -0.2) is 11.0 Å². The van der Waals surface area contributed by atoms with Crippen molar-refractivity contribution in [1.82, 2.24) is 4.98 Å². The second kappa shape index (κ2) is 2.91. The largest absolute Gasteiger partial charge is 0.382 e. The van der Waals surface area contributed by atoms with Gasteiger partial charge in [-0.2, -0.15) is 0 Å². The van der Waals surface area contributed by atoms with Crippen molar-refractivity contribution in [3.8, 4) is 0 Å². The normalized spacial score (nSPS) is 17.5. The molecule has 58 valence electrons. The van der Waals surface area contributed by atoms with E-state index in [9.17, 15) is 0 Å². The van der Waals surface area contributed by atoms with Gasteiger partial charge in [0.2, 0.25) is 0 Å². The molecule has 0 unspecified atom stereocenters. The molecule has 0 radical (unpaired) electrons. The van der Waals surface area contributed by atoms with Gasteiger partial charge in [0, 0.05) is 24.1 Å². The zero-order valence-electron chi connectivity index (χ0n) is 6.46. The van der Waals surface area contributed by atoms with Crippen LogP contribution in [0.5, 0.6) is 0 Å². The van der Waals surface area contributed by atoms with E-state index in [1.807, 2.05) is 24.5 Å². The van der Waals surface area contributed by atoms with Crippen LogP contribution in [0.2, 0.25) is 0 Å². The molecular weight excluding hydrogens is 136 g/mol. The summed E-state index contributed by atoms with van der Waals surface area (Å²) in [5.74, 6) is 0. The van der Waals surface area contributed by atoms with Gasteiger partial charge in [0.25, 0.3) is 0 Å². The van der Waals surface area contributed by atoms with E-state index >= 15 is 0 Å². The second-order valence-electron chi connectivity index (χ2n) is 3.01. The molecule has 0 aliphatic heterocycles. The summed E-state index contributed by atoms with van der Waals surface area (Å²) in [7, 11) is 0. The Balaban J connectivity index is 1.95. The van der Waals surface area contributed by atoms with E-state index in [-0.39, 0.29) is 0 Å². The molecule has 0 spiro atoms. The molecule has 0 amide bonds. The van der Waals surface area contributed by atoms with Gasteiger partial charge >= 0.3 is 0 Å². The summed E-state index contributed by atoms with van der Waals surface area (Å²) in [4.78, 5) is 3.96. The van der Waals surface area contributed by atoms with Gasteiger partial charge in [-0.1, -0.05) is 0 Å². The van der Waals surface area contributed by atoms with E-state index in [0.717, 1.165) is 6.04 Å². The third-order valence-electron chi connectivity index (χ3n) is 2.16. The van der Waals surface area contributed by atoms with E-state index in [1.54, 1.807) is 0 Å². The first kappa shape index (κ1) is 6.65. The summed E-state index contributed by atoms with van der Waals surface area (Å²) in [6.45, 7) is 0. The van der Waals surface area contributed by atoms with Gasteiger partial charge in [-0.05, 0) is 31.4 Å². The lowest BCUT2D eigenvalue weighted by molar-refractivity contribution is 0.445. The maximum Gasteiger partial charge on any atom is 0.0373 e. The van der Waals surface area contributed by atoms with Crippen LogP contribution in [0.3, 0.4) is 0 Å². The number of hydrogen-bond donors (Lipinski definition) is 1. The van der Waals surface area contributed by atoms with Crippen molar-refractivity contribution < 1.29 is 0 Å². The monoisotopic (exact) mass is 148 g/mol. The average Bonchev–Trinajstić information content (AvgIpc) is 1.99. The molecule has 0 aromatic carbocycles. The molecule has 1 aromatic heterocycles. The zero-order valence-corrected chi connectivity index (χ0v) is 6.46. The molecule has 1 saturated carbocycles. The van der Waals surface area contributed by atoms with Crippen molar-refractivity contribution >= 4 is 5.69 Å². The third-order valence-corrected chi connectivity index (χ3v) is 2.16. The van der Waals surface area contributed by atoms with E-state index in [1.165, 1.54) is 24.9 Å². The number of nitrogens with zero attached hydrogens (tertiary/aromatic N) is 1. The highest BCUT2D eigenvalue weighted by atomic mass is 14.9. The Morgan fingerprint density at radius 1 is 1.27 bits per heavy atom. The van der Waals surface area contributed by atoms with Gasteiger partial charge in [0.15, 0.2) is 0 Å². The SMILES string of the molecule is c1cc(NC2CCC2)ccn1. The predicted molar refractivity (Wildman–Crippen MR) is 45.5 cm³/mol. The molecule has 1 N–H and O–H groups in total. The summed E-state index contributed by atoms with van der Waals surface area (Å²) in [5, 5.41) is 3.44. The molecule has 1 aliphatic rings. The molecule has 0 atom stereocenters. The van der Waals surface area contributed by atoms with Crippen molar-refractivity contribution in [3.05, 3.63) is 24.5 Å². The van der Waals surface area contributed by atoms with Gasteiger partial charge in [-0.15, -0.1) is 0 Å². The molecule has 1 aromatic rings. The summed E-state index contributed by atoms with van der Waals surface area (Å²) in [6, 6.07) is 4.74. The lowest BCUT2D eigenvalue weighted by Crippen LogP contribution is -2.26. The first-order valence-electron chi connectivity index (χ1n) is 4.12. The van der Waals surface area contributed by atoms with Crippen molar-refractivity contribution in [1.29, 1.82) is 0 Å². The Labute approximate surface area is 66.7 Å². The molecule has 0 bridgehead atoms. The quantitative estimate of drug-likeness (QED) is 0.694. The third kappa shape index (κ3) is 1.50. The lowest BCUT2D eigenvalue weighted by atomic mass is 9.93. The maximum absolute atomic E-state index is 3.96. The summed E-state index contributed by atoms with van der Waals surface area (Å²) in [6.07, 6.45) is 7.66. The molecule has 1 heterocycles. The summed E-state index contributed by atoms with van der Waals surface area (Å²) >= 11 is 0. The molecule has 11 heavy (non-hydrogen) atoms. The lowest BCUT2D eigenvalue weighted by Gasteiger charge is -2.27. The Morgan fingerprint density at radius 2 is 2.00 bits per heavy atom. The number of pyridine rings is 1. The second-order valence-corrected chi connectivity index (χ2v) is 3.01. The topological polar surface area (TPSA) is 24.9 Å². The first-order chi connectivity index (χ1) is 5.45. The summed E-state index contributed by atoms with van der Waals surface area (Å²) in [5.41, 5.74) is 1.20. The van der Waals surface area contributed by atoms with Crippen molar-refractivity contribution in [3.63, 3.8) is 0 Å². The van der Waals surface area contributed by atoms with Gasteiger partial charge in [0.05, 0.1) is 0 Å². The predicted octanol–water partition coefficient (Wildman–Crippen LogP) is 2.05. The molecule has 2 nitrogen and oxygen atoms in total. The smallest absolute Gasteiger partial charge is 0.0373 e. The molecule has 1 aliphatic carbocycles. The van der Waals surface area contributed by atoms with Crippen LogP contribution in [0.25, 0.3) is 0 Å². The molecule has 2 rings (SSSR count). The number of aromatic nitrogens is 1. The highest BCUT2D eigenvalue weighted by Crippen LogP contribution is 2.22. The Morgan fingerprint density at radius 3 is 2.55 bits per heavy atom. The maximum atomic E-state index is 3.96. The van der Waals surface area contributed by atoms with Gasteiger partial charge in [0.1, 0.15) is 0 Å². The average molecular weight is 148 g/mol. The number of rotatable bonds is 2. The fraction of sp³-hybridized carbons (Fsp3) is 0.444. The summed E-state index contributed by atoms with van der Waals surface area (Å²) < 4.78 is 0. The fourth-order valence-electron chi connectivity index (χ4n) is 1.24. The minimum atomic E-state index is 0.720. The molecule has 2 heteroatoms. The number of hydrogen-bond acceptors (Lipinski definition) is 2. The highest BCUT2D eigenvalue weighted by Gasteiger charge is 2.16. The Bertz CT molecular complexity index is 216. The minimum absolute atomic E-state index is 0.720. The molecular formula is C9H12N2. The molecule has 1 fully saturated rings. The van der Waals surface area contributed by atoms with E-state index in [2.05, 4.69) is 10.3 Å². The van der Waals surface area contributed by atoms with Crippen LogP contribution >= 0.6 is 0 Å². The van der Waals surface area contributed by atoms with Gasteiger partial charge < -0.3 is 5.32 Å². The Kier molecular flexibility index (Phi) is 1.76. The van der Waals surface area contributed by atoms with Gasteiger partial charge in [-0.25, -0.2) is 0 Å². The van der Waals surface area contributed by atoms with Crippen LogP contribution in [0.1, 0.15) is 19.3 Å². The van der Waals surface area contributed by atoms with Crippen LogP contribution in [0.15, 0.2) is 24.5 Å². The minimum Gasteiger partial charge on any atom is -0.382 e. The van der Waals surface area contributed by atoms with Gasteiger partial charge in [-0.3, -0.25) is 4.98 Å². The first-order valence-corrected chi connectivity index (χ1v) is 4.12. The van der Waals surface area contributed by atoms with Crippen molar-refractivity contribution in [2.75, 3.05) is 5.32 Å².